The maximum atomic E-state index is 12.8. The van der Waals surface area contributed by atoms with Gasteiger partial charge in [-0.05, 0) is 43.9 Å². The average Bonchev–Trinajstić information content (AvgIpc) is 3.02. The summed E-state index contributed by atoms with van der Waals surface area (Å²) in [4.78, 5) is 21.9. The van der Waals surface area contributed by atoms with E-state index in [1.54, 1.807) is 11.3 Å². The molecule has 1 aromatic heterocycles. The summed E-state index contributed by atoms with van der Waals surface area (Å²) < 4.78 is 1.11. The number of amides is 1. The van der Waals surface area contributed by atoms with E-state index in [4.69, 9.17) is 0 Å². The molecule has 0 aliphatic carbocycles. The highest BCUT2D eigenvalue weighted by molar-refractivity contribution is 7.18. The Labute approximate surface area is 153 Å². The lowest BCUT2D eigenvalue weighted by molar-refractivity contribution is 0.0663. The van der Waals surface area contributed by atoms with Crippen molar-refractivity contribution in [3.8, 4) is 0 Å². The SMILES string of the molecule is Cc1nc2ccc(C(=O)N3CCC(CN4CCNCC4)CC3)cc2s1. The molecule has 2 saturated heterocycles. The lowest BCUT2D eigenvalue weighted by Crippen LogP contribution is -2.47. The number of hydrogen-bond acceptors (Lipinski definition) is 5. The van der Waals surface area contributed by atoms with Gasteiger partial charge in [0, 0.05) is 51.4 Å². The number of benzene rings is 1. The van der Waals surface area contributed by atoms with Crippen LogP contribution in [0.5, 0.6) is 0 Å². The first-order chi connectivity index (χ1) is 12.2. The van der Waals surface area contributed by atoms with Gasteiger partial charge in [0.05, 0.1) is 15.2 Å². The first-order valence-electron chi connectivity index (χ1n) is 9.28. The standard InChI is InChI=1S/C19H26N4OS/c1-14-21-17-3-2-16(12-18(17)25-14)19(24)23-8-4-15(5-9-23)13-22-10-6-20-7-11-22/h2-3,12,15,20H,4-11,13H2,1H3. The van der Waals surface area contributed by atoms with E-state index in [1.165, 1.54) is 6.54 Å². The smallest absolute Gasteiger partial charge is 0.253 e. The van der Waals surface area contributed by atoms with Crippen LogP contribution in [-0.2, 0) is 0 Å². The highest BCUT2D eigenvalue weighted by Crippen LogP contribution is 2.25. The minimum absolute atomic E-state index is 0.175. The van der Waals surface area contributed by atoms with E-state index in [0.29, 0.717) is 0 Å². The van der Waals surface area contributed by atoms with Crippen LogP contribution < -0.4 is 5.32 Å². The molecule has 0 unspecified atom stereocenters. The van der Waals surface area contributed by atoms with E-state index >= 15 is 0 Å². The number of carbonyl (C=O) groups excluding carboxylic acids is 1. The summed E-state index contributed by atoms with van der Waals surface area (Å²) >= 11 is 1.66. The monoisotopic (exact) mass is 358 g/mol. The Morgan fingerprint density at radius 1 is 1.24 bits per heavy atom. The number of nitrogens with zero attached hydrogens (tertiary/aromatic N) is 3. The van der Waals surface area contributed by atoms with Crippen molar-refractivity contribution < 1.29 is 4.79 Å². The fraction of sp³-hybridized carbons (Fsp3) is 0.579. The molecule has 5 nitrogen and oxygen atoms in total. The van der Waals surface area contributed by atoms with Gasteiger partial charge in [-0.25, -0.2) is 4.98 Å². The Hall–Kier alpha value is -1.50. The molecule has 3 heterocycles. The highest BCUT2D eigenvalue weighted by Gasteiger charge is 2.25. The summed E-state index contributed by atoms with van der Waals surface area (Å²) in [6.45, 7) is 9.50. The van der Waals surface area contributed by atoms with Crippen LogP contribution in [-0.4, -0.2) is 66.5 Å². The zero-order chi connectivity index (χ0) is 17.2. The molecule has 0 spiro atoms. The minimum Gasteiger partial charge on any atom is -0.339 e. The normalized spacial score (nSPS) is 20.3. The largest absolute Gasteiger partial charge is 0.339 e. The number of aromatic nitrogens is 1. The first-order valence-corrected chi connectivity index (χ1v) is 10.1. The number of fused-ring (bicyclic) bond motifs is 1. The number of thiazole rings is 1. The number of nitrogens with one attached hydrogen (secondary N) is 1. The number of rotatable bonds is 3. The predicted molar refractivity (Wildman–Crippen MR) is 102 cm³/mol. The lowest BCUT2D eigenvalue weighted by atomic mass is 9.95. The molecule has 1 aromatic carbocycles. The molecule has 1 N–H and O–H groups in total. The summed E-state index contributed by atoms with van der Waals surface area (Å²) in [6.07, 6.45) is 2.25. The van der Waals surface area contributed by atoms with E-state index < -0.39 is 0 Å². The summed E-state index contributed by atoms with van der Waals surface area (Å²) in [5, 5.41) is 4.46. The predicted octanol–water partition coefficient (Wildman–Crippen LogP) is 2.36. The third kappa shape index (κ3) is 3.86. The molecule has 4 rings (SSSR count). The Kier molecular flexibility index (Phi) is 5.01. The zero-order valence-corrected chi connectivity index (χ0v) is 15.6. The molecule has 25 heavy (non-hydrogen) atoms. The molecule has 2 aromatic rings. The van der Waals surface area contributed by atoms with Gasteiger partial charge in [0.1, 0.15) is 0 Å². The molecule has 2 aliphatic rings. The van der Waals surface area contributed by atoms with Crippen LogP contribution in [0.25, 0.3) is 10.2 Å². The Morgan fingerprint density at radius 3 is 2.76 bits per heavy atom. The van der Waals surface area contributed by atoms with Gasteiger partial charge in [-0.2, -0.15) is 0 Å². The molecular formula is C19H26N4OS. The molecule has 6 heteroatoms. The van der Waals surface area contributed by atoms with Crippen LogP contribution in [0.1, 0.15) is 28.2 Å². The van der Waals surface area contributed by atoms with Crippen molar-refractivity contribution in [2.24, 2.45) is 5.92 Å². The molecule has 134 valence electrons. The van der Waals surface area contributed by atoms with E-state index in [1.807, 2.05) is 30.0 Å². The molecular weight excluding hydrogens is 332 g/mol. The second-order valence-corrected chi connectivity index (χ2v) is 8.44. The van der Waals surface area contributed by atoms with Gasteiger partial charge in [-0.15, -0.1) is 11.3 Å². The topological polar surface area (TPSA) is 48.5 Å². The molecule has 0 radical (unpaired) electrons. The van der Waals surface area contributed by atoms with Crippen molar-refractivity contribution >= 4 is 27.5 Å². The van der Waals surface area contributed by atoms with Gasteiger partial charge in [0.15, 0.2) is 0 Å². The van der Waals surface area contributed by atoms with Gasteiger partial charge in [0.25, 0.3) is 5.91 Å². The molecule has 1 amide bonds. The van der Waals surface area contributed by atoms with Gasteiger partial charge in [0.2, 0.25) is 0 Å². The van der Waals surface area contributed by atoms with Gasteiger partial charge in [-0.3, -0.25) is 4.79 Å². The lowest BCUT2D eigenvalue weighted by Gasteiger charge is -2.36. The number of piperidine rings is 1. The van der Waals surface area contributed by atoms with Crippen LogP contribution in [0.3, 0.4) is 0 Å². The number of hydrogen-bond donors (Lipinski definition) is 1. The maximum absolute atomic E-state index is 12.8. The fourth-order valence-corrected chi connectivity index (χ4v) is 4.80. The Bertz CT molecular complexity index is 745. The van der Waals surface area contributed by atoms with Crippen molar-refractivity contribution in [1.29, 1.82) is 0 Å². The van der Waals surface area contributed by atoms with Crippen LogP contribution in [0.4, 0.5) is 0 Å². The average molecular weight is 359 g/mol. The van der Waals surface area contributed by atoms with E-state index in [0.717, 1.165) is 78.8 Å². The van der Waals surface area contributed by atoms with Crippen LogP contribution in [0.15, 0.2) is 18.2 Å². The summed E-state index contributed by atoms with van der Waals surface area (Å²) in [6, 6.07) is 5.91. The van der Waals surface area contributed by atoms with Gasteiger partial charge < -0.3 is 15.1 Å². The third-order valence-electron chi connectivity index (χ3n) is 5.37. The first kappa shape index (κ1) is 16.9. The van der Waals surface area contributed by atoms with Crippen molar-refractivity contribution in [2.75, 3.05) is 45.8 Å². The third-order valence-corrected chi connectivity index (χ3v) is 6.30. The Morgan fingerprint density at radius 2 is 2.00 bits per heavy atom. The van der Waals surface area contributed by atoms with Crippen molar-refractivity contribution in [1.82, 2.24) is 20.1 Å². The number of carbonyl (C=O) groups is 1. The minimum atomic E-state index is 0.175. The highest BCUT2D eigenvalue weighted by atomic mass is 32.1. The second kappa shape index (κ2) is 7.40. The number of aryl methyl sites for hydroxylation is 1. The van der Waals surface area contributed by atoms with Crippen molar-refractivity contribution in [3.63, 3.8) is 0 Å². The molecule has 0 bridgehead atoms. The Balaban J connectivity index is 1.35. The van der Waals surface area contributed by atoms with E-state index in [-0.39, 0.29) is 5.91 Å². The second-order valence-electron chi connectivity index (χ2n) is 7.20. The zero-order valence-electron chi connectivity index (χ0n) is 14.8. The van der Waals surface area contributed by atoms with Crippen LogP contribution in [0, 0.1) is 12.8 Å². The molecule has 0 saturated carbocycles. The molecule has 2 fully saturated rings. The molecule has 2 aliphatic heterocycles. The maximum Gasteiger partial charge on any atom is 0.253 e. The summed E-state index contributed by atoms with van der Waals surface area (Å²) in [7, 11) is 0. The van der Waals surface area contributed by atoms with Crippen molar-refractivity contribution in [2.45, 2.75) is 19.8 Å². The quantitative estimate of drug-likeness (QED) is 0.915. The van der Waals surface area contributed by atoms with Crippen LogP contribution in [0.2, 0.25) is 0 Å². The summed E-state index contributed by atoms with van der Waals surface area (Å²) in [5.74, 6) is 0.905. The van der Waals surface area contributed by atoms with E-state index in [9.17, 15) is 4.79 Å². The number of likely N-dealkylation sites (tertiary alicyclic amines) is 1. The van der Waals surface area contributed by atoms with Crippen LogP contribution >= 0.6 is 11.3 Å². The van der Waals surface area contributed by atoms with Gasteiger partial charge >= 0.3 is 0 Å². The van der Waals surface area contributed by atoms with Crippen molar-refractivity contribution in [3.05, 3.63) is 28.8 Å². The molecule has 0 atom stereocenters. The number of piperazine rings is 1. The van der Waals surface area contributed by atoms with E-state index in [2.05, 4.69) is 15.2 Å². The summed E-state index contributed by atoms with van der Waals surface area (Å²) in [5.41, 5.74) is 1.80. The fourth-order valence-electron chi connectivity index (χ4n) is 3.93. The van der Waals surface area contributed by atoms with Gasteiger partial charge in [-0.1, -0.05) is 0 Å².